The molecule has 0 aliphatic carbocycles. The second-order valence-corrected chi connectivity index (χ2v) is 5.04. The first-order chi connectivity index (χ1) is 11.0. The van der Waals surface area contributed by atoms with E-state index in [-0.39, 0.29) is 12.8 Å². The van der Waals surface area contributed by atoms with E-state index in [1.165, 1.54) is 6.92 Å². The van der Waals surface area contributed by atoms with Gasteiger partial charge in [0.1, 0.15) is 6.04 Å². The van der Waals surface area contributed by atoms with Crippen LogP contribution in [0.15, 0.2) is 30.3 Å². The monoisotopic (exact) mass is 319 g/mol. The van der Waals surface area contributed by atoms with E-state index in [0.717, 1.165) is 0 Å². The van der Waals surface area contributed by atoms with Gasteiger partial charge in [-0.2, -0.15) is 0 Å². The van der Waals surface area contributed by atoms with E-state index in [0.29, 0.717) is 5.69 Å². The fraction of sp³-hybridized carbons (Fsp3) is 0.333. The molecule has 23 heavy (non-hydrogen) atoms. The maximum atomic E-state index is 11.9. The molecule has 2 atom stereocenters. The van der Waals surface area contributed by atoms with Crippen LogP contribution in [0.2, 0.25) is 0 Å². The predicted octanol–water partition coefficient (Wildman–Crippen LogP) is 0.545. The van der Waals surface area contributed by atoms with Crippen molar-refractivity contribution in [2.24, 2.45) is 0 Å². The van der Waals surface area contributed by atoms with Crippen LogP contribution in [0.5, 0.6) is 0 Å². The van der Waals surface area contributed by atoms with Crippen LogP contribution in [0.25, 0.3) is 0 Å². The third-order valence-corrected chi connectivity index (χ3v) is 3.21. The molecule has 0 spiro atoms. The summed E-state index contributed by atoms with van der Waals surface area (Å²) in [6.07, 6.45) is -0.931. The van der Waals surface area contributed by atoms with Crippen LogP contribution in [0.3, 0.4) is 0 Å². The van der Waals surface area contributed by atoms with Crippen molar-refractivity contribution in [3.63, 3.8) is 0 Å². The summed E-state index contributed by atoms with van der Waals surface area (Å²) in [5.74, 6) is -1.54. The molecular formula is C15H17N3O5. The van der Waals surface area contributed by atoms with Crippen LogP contribution >= 0.6 is 0 Å². The third-order valence-electron chi connectivity index (χ3n) is 3.21. The molecule has 1 aliphatic heterocycles. The number of benzene rings is 1. The molecule has 2 rings (SSSR count). The number of para-hydroxylation sites is 1. The third kappa shape index (κ3) is 4.80. The summed E-state index contributed by atoms with van der Waals surface area (Å²) in [4.78, 5) is 45.9. The lowest BCUT2D eigenvalue weighted by Crippen LogP contribution is -2.32. The number of amides is 4. The standard InChI is InChI=1S/C15H17N3O5/c1-9(13(20)16-10-5-3-2-4-6-10)23-12(19)8-7-11-14(21)18-15(22)17-11/h2-6,9,11H,7-8H2,1H3,(H,16,20)(H2,17,18,21,22)/t9-,11+/m1/s1. The van der Waals surface area contributed by atoms with Crippen molar-refractivity contribution in [1.29, 1.82) is 0 Å². The maximum Gasteiger partial charge on any atom is 0.322 e. The summed E-state index contributed by atoms with van der Waals surface area (Å²) in [6, 6.07) is 7.46. The number of rotatable bonds is 6. The normalized spacial score (nSPS) is 17.9. The zero-order valence-corrected chi connectivity index (χ0v) is 12.5. The molecule has 0 unspecified atom stereocenters. The Labute approximate surface area is 132 Å². The van der Waals surface area contributed by atoms with E-state index >= 15 is 0 Å². The summed E-state index contributed by atoms with van der Waals surface area (Å²) in [5.41, 5.74) is 0.603. The van der Waals surface area contributed by atoms with Gasteiger partial charge in [0.15, 0.2) is 6.10 Å². The van der Waals surface area contributed by atoms with Crippen LogP contribution in [0.1, 0.15) is 19.8 Å². The lowest BCUT2D eigenvalue weighted by molar-refractivity contribution is -0.153. The maximum absolute atomic E-state index is 11.9. The highest BCUT2D eigenvalue weighted by Gasteiger charge is 2.30. The molecule has 1 aromatic rings. The van der Waals surface area contributed by atoms with E-state index in [1.807, 2.05) is 6.07 Å². The Hall–Kier alpha value is -2.90. The largest absolute Gasteiger partial charge is 0.453 e. The molecule has 1 aliphatic rings. The van der Waals surface area contributed by atoms with E-state index in [9.17, 15) is 19.2 Å². The molecule has 1 heterocycles. The number of carbonyl (C=O) groups is 4. The van der Waals surface area contributed by atoms with E-state index in [1.54, 1.807) is 24.3 Å². The second-order valence-electron chi connectivity index (χ2n) is 5.04. The van der Waals surface area contributed by atoms with Crippen molar-refractivity contribution in [2.45, 2.75) is 31.9 Å². The topological polar surface area (TPSA) is 114 Å². The van der Waals surface area contributed by atoms with Crippen molar-refractivity contribution in [3.8, 4) is 0 Å². The molecule has 0 radical (unpaired) electrons. The minimum atomic E-state index is -0.963. The molecule has 4 amide bonds. The molecule has 0 aromatic heterocycles. The fourth-order valence-electron chi connectivity index (χ4n) is 2.00. The summed E-state index contributed by atoms with van der Waals surface area (Å²) in [6.45, 7) is 1.46. The minimum absolute atomic E-state index is 0.0820. The number of ether oxygens (including phenoxy) is 1. The Bertz CT molecular complexity index is 617. The molecule has 3 N–H and O–H groups in total. The summed E-state index contributed by atoms with van der Waals surface area (Å²) < 4.78 is 5.01. The summed E-state index contributed by atoms with van der Waals surface area (Å²) in [5, 5.41) is 7.07. The predicted molar refractivity (Wildman–Crippen MR) is 80.3 cm³/mol. The van der Waals surface area contributed by atoms with Gasteiger partial charge in [-0.25, -0.2) is 4.79 Å². The number of anilines is 1. The van der Waals surface area contributed by atoms with E-state index < -0.39 is 36.0 Å². The fourth-order valence-corrected chi connectivity index (χ4v) is 2.00. The Kier molecular flexibility index (Phi) is 5.29. The zero-order valence-electron chi connectivity index (χ0n) is 12.5. The number of hydrogen-bond acceptors (Lipinski definition) is 5. The molecule has 8 nitrogen and oxygen atoms in total. The van der Waals surface area contributed by atoms with Crippen molar-refractivity contribution in [3.05, 3.63) is 30.3 Å². The van der Waals surface area contributed by atoms with Gasteiger partial charge < -0.3 is 15.4 Å². The van der Waals surface area contributed by atoms with E-state index in [4.69, 9.17) is 4.74 Å². The van der Waals surface area contributed by atoms with Crippen LogP contribution < -0.4 is 16.0 Å². The number of hydrogen-bond donors (Lipinski definition) is 3. The van der Waals surface area contributed by atoms with Crippen LogP contribution in [0.4, 0.5) is 10.5 Å². The highest BCUT2D eigenvalue weighted by atomic mass is 16.5. The number of esters is 1. The first kappa shape index (κ1) is 16.5. The molecule has 1 saturated heterocycles. The van der Waals surface area contributed by atoms with Crippen molar-refractivity contribution < 1.29 is 23.9 Å². The molecule has 0 saturated carbocycles. The van der Waals surface area contributed by atoms with Crippen molar-refractivity contribution in [2.75, 3.05) is 5.32 Å². The summed E-state index contributed by atoms with van der Waals surface area (Å²) >= 11 is 0. The molecule has 1 fully saturated rings. The molecule has 1 aromatic carbocycles. The number of urea groups is 1. The minimum Gasteiger partial charge on any atom is -0.453 e. The lowest BCUT2D eigenvalue weighted by atomic mass is 10.1. The second kappa shape index (κ2) is 7.39. The highest BCUT2D eigenvalue weighted by Crippen LogP contribution is 2.08. The van der Waals surface area contributed by atoms with Gasteiger partial charge in [-0.05, 0) is 25.5 Å². The number of nitrogens with one attached hydrogen (secondary N) is 3. The van der Waals surface area contributed by atoms with Crippen molar-refractivity contribution in [1.82, 2.24) is 10.6 Å². The average Bonchev–Trinajstić information content (AvgIpc) is 2.84. The van der Waals surface area contributed by atoms with Gasteiger partial charge >= 0.3 is 12.0 Å². The van der Waals surface area contributed by atoms with Gasteiger partial charge in [0, 0.05) is 12.1 Å². The average molecular weight is 319 g/mol. The quantitative estimate of drug-likeness (QED) is 0.523. The Morgan fingerprint density at radius 3 is 2.57 bits per heavy atom. The number of carbonyl (C=O) groups excluding carboxylic acids is 4. The van der Waals surface area contributed by atoms with Crippen LogP contribution in [-0.4, -0.2) is 36.0 Å². The van der Waals surface area contributed by atoms with Crippen molar-refractivity contribution >= 4 is 29.5 Å². The molecule has 0 bridgehead atoms. The van der Waals surface area contributed by atoms with Gasteiger partial charge in [0.25, 0.3) is 11.8 Å². The SMILES string of the molecule is C[C@@H](OC(=O)CC[C@@H]1NC(=O)NC1=O)C(=O)Nc1ccccc1. The lowest BCUT2D eigenvalue weighted by Gasteiger charge is -2.14. The van der Waals surface area contributed by atoms with Crippen LogP contribution in [0, 0.1) is 0 Å². The van der Waals surface area contributed by atoms with Gasteiger partial charge in [0.2, 0.25) is 0 Å². The van der Waals surface area contributed by atoms with E-state index in [2.05, 4.69) is 16.0 Å². The first-order valence-electron chi connectivity index (χ1n) is 7.12. The Morgan fingerprint density at radius 2 is 1.96 bits per heavy atom. The zero-order chi connectivity index (χ0) is 16.8. The first-order valence-corrected chi connectivity index (χ1v) is 7.12. The Morgan fingerprint density at radius 1 is 1.26 bits per heavy atom. The Balaban J connectivity index is 1.75. The number of imide groups is 1. The highest BCUT2D eigenvalue weighted by molar-refractivity contribution is 6.04. The molecule has 8 heteroatoms. The van der Waals surface area contributed by atoms with Gasteiger partial charge in [-0.1, -0.05) is 18.2 Å². The van der Waals surface area contributed by atoms with Gasteiger partial charge in [0.05, 0.1) is 0 Å². The summed E-state index contributed by atoms with van der Waals surface area (Å²) in [7, 11) is 0. The van der Waals surface area contributed by atoms with Crippen LogP contribution in [-0.2, 0) is 19.1 Å². The molecular weight excluding hydrogens is 302 g/mol. The van der Waals surface area contributed by atoms with Gasteiger partial charge in [-0.15, -0.1) is 0 Å². The molecule has 122 valence electrons. The smallest absolute Gasteiger partial charge is 0.322 e. The van der Waals surface area contributed by atoms with Gasteiger partial charge in [-0.3, -0.25) is 19.7 Å².